The Morgan fingerprint density at radius 3 is 3.07 bits per heavy atom. The van der Waals surface area contributed by atoms with Crippen molar-refractivity contribution < 1.29 is 0 Å². The fourth-order valence-electron chi connectivity index (χ4n) is 2.01. The van der Waals surface area contributed by atoms with Crippen LogP contribution in [-0.4, -0.2) is 24.1 Å². The van der Waals surface area contributed by atoms with Crippen molar-refractivity contribution in [1.82, 2.24) is 4.98 Å². The third-order valence-corrected chi connectivity index (χ3v) is 2.84. The third kappa shape index (κ3) is 1.73. The number of aromatic nitrogens is 1. The van der Waals surface area contributed by atoms with Crippen LogP contribution in [0.1, 0.15) is 18.4 Å². The Labute approximate surface area is 84.9 Å². The second kappa shape index (κ2) is 3.96. The standard InChI is InChI=1S/C11H17N3/c1-9-4-5-11(13-8-9)14-6-2-3-10(14)7-12/h4-5,8,10H,2-3,6-7,12H2,1H3/t10-/m0/s1. The maximum absolute atomic E-state index is 5.72. The van der Waals surface area contributed by atoms with Gasteiger partial charge in [0.2, 0.25) is 0 Å². The summed E-state index contributed by atoms with van der Waals surface area (Å²) in [6, 6.07) is 4.68. The van der Waals surface area contributed by atoms with Crippen LogP contribution in [0.5, 0.6) is 0 Å². The van der Waals surface area contributed by atoms with Crippen molar-refractivity contribution in [1.29, 1.82) is 0 Å². The highest BCUT2D eigenvalue weighted by molar-refractivity contribution is 5.41. The maximum atomic E-state index is 5.72. The van der Waals surface area contributed by atoms with E-state index in [1.165, 1.54) is 18.4 Å². The fourth-order valence-corrected chi connectivity index (χ4v) is 2.01. The lowest BCUT2D eigenvalue weighted by Crippen LogP contribution is -2.35. The first-order valence-corrected chi connectivity index (χ1v) is 5.20. The number of nitrogens with two attached hydrogens (primary N) is 1. The van der Waals surface area contributed by atoms with E-state index in [4.69, 9.17) is 5.73 Å². The van der Waals surface area contributed by atoms with E-state index in [0.29, 0.717) is 6.04 Å². The summed E-state index contributed by atoms with van der Waals surface area (Å²) in [7, 11) is 0. The average Bonchev–Trinajstić information content (AvgIpc) is 2.67. The summed E-state index contributed by atoms with van der Waals surface area (Å²) < 4.78 is 0. The lowest BCUT2D eigenvalue weighted by atomic mass is 10.2. The van der Waals surface area contributed by atoms with Crippen LogP contribution in [0.3, 0.4) is 0 Å². The van der Waals surface area contributed by atoms with Gasteiger partial charge in [-0.05, 0) is 31.4 Å². The highest BCUT2D eigenvalue weighted by Gasteiger charge is 2.23. The lowest BCUT2D eigenvalue weighted by molar-refractivity contribution is 0.671. The van der Waals surface area contributed by atoms with Gasteiger partial charge in [0.25, 0.3) is 0 Å². The Balaban J connectivity index is 2.17. The molecule has 0 saturated carbocycles. The molecular formula is C11H17N3. The van der Waals surface area contributed by atoms with E-state index in [9.17, 15) is 0 Å². The molecule has 2 N–H and O–H groups in total. The Hall–Kier alpha value is -1.09. The van der Waals surface area contributed by atoms with E-state index in [0.717, 1.165) is 18.9 Å². The second-order valence-corrected chi connectivity index (χ2v) is 3.92. The molecule has 1 aromatic heterocycles. The van der Waals surface area contributed by atoms with Crippen molar-refractivity contribution in [2.24, 2.45) is 5.73 Å². The van der Waals surface area contributed by atoms with E-state index in [1.54, 1.807) is 0 Å². The number of anilines is 1. The summed E-state index contributed by atoms with van der Waals surface area (Å²) in [5.74, 6) is 1.07. The van der Waals surface area contributed by atoms with Crippen molar-refractivity contribution in [2.45, 2.75) is 25.8 Å². The molecular weight excluding hydrogens is 174 g/mol. The monoisotopic (exact) mass is 191 g/mol. The predicted octanol–water partition coefficient (Wildman–Crippen LogP) is 1.32. The van der Waals surface area contributed by atoms with Crippen LogP contribution in [-0.2, 0) is 0 Å². The molecule has 1 aromatic rings. The van der Waals surface area contributed by atoms with Gasteiger partial charge in [-0.2, -0.15) is 0 Å². The molecule has 2 rings (SSSR count). The van der Waals surface area contributed by atoms with Crippen molar-refractivity contribution in [2.75, 3.05) is 18.0 Å². The molecule has 0 aromatic carbocycles. The van der Waals surface area contributed by atoms with E-state index in [2.05, 4.69) is 28.9 Å². The Kier molecular flexibility index (Phi) is 2.68. The normalized spacial score (nSPS) is 21.6. The van der Waals surface area contributed by atoms with E-state index >= 15 is 0 Å². The Morgan fingerprint density at radius 1 is 1.57 bits per heavy atom. The van der Waals surface area contributed by atoms with Crippen LogP contribution in [0.15, 0.2) is 18.3 Å². The van der Waals surface area contributed by atoms with Gasteiger partial charge < -0.3 is 10.6 Å². The zero-order valence-electron chi connectivity index (χ0n) is 8.61. The molecule has 0 amide bonds. The predicted molar refractivity (Wildman–Crippen MR) is 58.4 cm³/mol. The summed E-state index contributed by atoms with van der Waals surface area (Å²) in [6.07, 6.45) is 4.35. The molecule has 0 radical (unpaired) electrons. The van der Waals surface area contributed by atoms with Gasteiger partial charge in [0.05, 0.1) is 0 Å². The molecule has 14 heavy (non-hydrogen) atoms. The molecule has 2 heterocycles. The SMILES string of the molecule is Cc1ccc(N2CCC[C@H]2CN)nc1. The van der Waals surface area contributed by atoms with E-state index < -0.39 is 0 Å². The Bertz CT molecular complexity index is 294. The quantitative estimate of drug-likeness (QED) is 0.766. The number of rotatable bonds is 2. The van der Waals surface area contributed by atoms with Gasteiger partial charge in [-0.1, -0.05) is 6.07 Å². The minimum atomic E-state index is 0.491. The van der Waals surface area contributed by atoms with Gasteiger partial charge in [0.15, 0.2) is 0 Å². The van der Waals surface area contributed by atoms with Crippen molar-refractivity contribution >= 4 is 5.82 Å². The van der Waals surface area contributed by atoms with Crippen LogP contribution in [0.4, 0.5) is 5.82 Å². The minimum absolute atomic E-state index is 0.491. The van der Waals surface area contributed by atoms with Crippen LogP contribution < -0.4 is 10.6 Å². The largest absolute Gasteiger partial charge is 0.352 e. The van der Waals surface area contributed by atoms with Crippen LogP contribution in [0.25, 0.3) is 0 Å². The molecule has 1 aliphatic heterocycles. The first-order chi connectivity index (χ1) is 6.81. The van der Waals surface area contributed by atoms with Gasteiger partial charge in [-0.15, -0.1) is 0 Å². The fraction of sp³-hybridized carbons (Fsp3) is 0.545. The summed E-state index contributed by atoms with van der Waals surface area (Å²) in [6.45, 7) is 3.88. The number of hydrogen-bond donors (Lipinski definition) is 1. The molecule has 0 bridgehead atoms. The maximum Gasteiger partial charge on any atom is 0.128 e. The van der Waals surface area contributed by atoms with Crippen molar-refractivity contribution in [3.63, 3.8) is 0 Å². The van der Waals surface area contributed by atoms with Crippen LogP contribution in [0.2, 0.25) is 0 Å². The van der Waals surface area contributed by atoms with Crippen molar-refractivity contribution in [3.05, 3.63) is 23.9 Å². The van der Waals surface area contributed by atoms with Gasteiger partial charge >= 0.3 is 0 Å². The number of nitrogens with zero attached hydrogens (tertiary/aromatic N) is 2. The Morgan fingerprint density at radius 2 is 2.43 bits per heavy atom. The molecule has 1 atom stereocenters. The second-order valence-electron chi connectivity index (χ2n) is 3.92. The molecule has 0 spiro atoms. The zero-order chi connectivity index (χ0) is 9.97. The molecule has 1 aliphatic rings. The first-order valence-electron chi connectivity index (χ1n) is 5.20. The molecule has 1 fully saturated rings. The smallest absolute Gasteiger partial charge is 0.128 e. The topological polar surface area (TPSA) is 42.1 Å². The molecule has 3 heteroatoms. The number of hydrogen-bond acceptors (Lipinski definition) is 3. The molecule has 1 saturated heterocycles. The third-order valence-electron chi connectivity index (χ3n) is 2.84. The number of pyridine rings is 1. The van der Waals surface area contributed by atoms with Gasteiger partial charge in [0, 0.05) is 25.3 Å². The van der Waals surface area contributed by atoms with Gasteiger partial charge in [-0.3, -0.25) is 0 Å². The first kappa shape index (κ1) is 9.46. The molecule has 0 unspecified atom stereocenters. The summed E-state index contributed by atoms with van der Waals surface area (Å²) in [5, 5.41) is 0. The number of aryl methyl sites for hydroxylation is 1. The summed E-state index contributed by atoms with van der Waals surface area (Å²) >= 11 is 0. The van der Waals surface area contributed by atoms with Crippen LogP contribution in [0, 0.1) is 6.92 Å². The summed E-state index contributed by atoms with van der Waals surface area (Å²) in [5.41, 5.74) is 6.93. The lowest BCUT2D eigenvalue weighted by Gasteiger charge is -2.24. The summed E-state index contributed by atoms with van der Waals surface area (Å²) in [4.78, 5) is 6.75. The van der Waals surface area contributed by atoms with Crippen LogP contribution >= 0.6 is 0 Å². The van der Waals surface area contributed by atoms with Crippen molar-refractivity contribution in [3.8, 4) is 0 Å². The van der Waals surface area contributed by atoms with Gasteiger partial charge in [0.1, 0.15) is 5.82 Å². The molecule has 0 aliphatic carbocycles. The highest BCUT2D eigenvalue weighted by Crippen LogP contribution is 2.22. The van der Waals surface area contributed by atoms with Gasteiger partial charge in [-0.25, -0.2) is 4.98 Å². The highest BCUT2D eigenvalue weighted by atomic mass is 15.2. The van der Waals surface area contributed by atoms with E-state index in [1.807, 2.05) is 6.20 Å². The van der Waals surface area contributed by atoms with E-state index in [-0.39, 0.29) is 0 Å². The minimum Gasteiger partial charge on any atom is -0.352 e. The average molecular weight is 191 g/mol. The zero-order valence-corrected chi connectivity index (χ0v) is 8.61. The molecule has 76 valence electrons. The molecule has 3 nitrogen and oxygen atoms in total.